The van der Waals surface area contributed by atoms with Crippen LogP contribution in [0.15, 0.2) is 60.2 Å². The molecule has 6 rings (SSSR count). The molecule has 0 bridgehead atoms. The second kappa shape index (κ2) is 9.67. The summed E-state index contributed by atoms with van der Waals surface area (Å²) in [6.07, 6.45) is 2.75. The number of rotatable bonds is 6. The number of allylic oxidation sites excluding steroid dienone is 2. The summed E-state index contributed by atoms with van der Waals surface area (Å²) in [4.78, 5) is 56.0. The molecule has 4 amide bonds. The lowest BCUT2D eigenvalue weighted by Gasteiger charge is -2.44. The molecule has 2 aliphatic carbocycles. The van der Waals surface area contributed by atoms with Gasteiger partial charge in [0.2, 0.25) is 23.6 Å². The fraction of sp³-hybridized carbons (Fsp3) is 0.419. The predicted octanol–water partition coefficient (Wildman–Crippen LogP) is 3.65. The summed E-state index contributed by atoms with van der Waals surface area (Å²) in [6, 6.07) is 14.8. The van der Waals surface area contributed by atoms with Crippen molar-refractivity contribution in [1.82, 2.24) is 9.80 Å². The molecule has 8 nitrogen and oxygen atoms in total. The number of carbonyl (C=O) groups excluding carboxylic acids is 4. The Morgan fingerprint density at radius 2 is 1.49 bits per heavy atom. The Morgan fingerprint density at radius 3 is 2.15 bits per heavy atom. The number of hydrogen-bond donors (Lipinski definition) is 1. The first-order valence-electron chi connectivity index (χ1n) is 13.8. The lowest BCUT2D eigenvalue weighted by molar-refractivity contribution is -0.141. The highest BCUT2D eigenvalue weighted by Gasteiger charge is 2.61. The lowest BCUT2D eigenvalue weighted by atomic mass is 9.57. The van der Waals surface area contributed by atoms with E-state index < -0.39 is 29.6 Å². The molecule has 2 aromatic rings. The van der Waals surface area contributed by atoms with Crippen LogP contribution in [0.1, 0.15) is 43.7 Å². The van der Waals surface area contributed by atoms with Crippen molar-refractivity contribution in [2.75, 3.05) is 13.1 Å². The minimum absolute atomic E-state index is 0.0211. The molecule has 0 spiro atoms. The molecule has 2 aliphatic heterocycles. The number of hydrogen-bond acceptors (Lipinski definition) is 6. The molecule has 6 unspecified atom stereocenters. The van der Waals surface area contributed by atoms with Crippen molar-refractivity contribution in [3.63, 3.8) is 0 Å². The Bertz CT molecular complexity index is 1380. The largest absolute Gasteiger partial charge is 0.508 e. The van der Waals surface area contributed by atoms with Crippen molar-refractivity contribution in [1.29, 1.82) is 0 Å². The second-order valence-electron chi connectivity index (χ2n) is 10.9. The normalized spacial score (nSPS) is 29.7. The van der Waals surface area contributed by atoms with E-state index in [2.05, 4.69) is 0 Å². The van der Waals surface area contributed by atoms with Gasteiger partial charge < -0.3 is 9.84 Å². The van der Waals surface area contributed by atoms with E-state index in [4.69, 9.17) is 4.74 Å². The number of fused-ring (bicyclic) bond motifs is 4. The van der Waals surface area contributed by atoms with Crippen LogP contribution in [0.2, 0.25) is 0 Å². The topological polar surface area (TPSA) is 104 Å². The summed E-state index contributed by atoms with van der Waals surface area (Å²) in [5, 5.41) is 11.2. The van der Waals surface area contributed by atoms with E-state index in [-0.39, 0.29) is 41.8 Å². The number of nitrogens with zero attached hydrogens (tertiary/aromatic N) is 2. The number of benzene rings is 2. The highest BCUT2D eigenvalue weighted by atomic mass is 16.5. The predicted molar refractivity (Wildman–Crippen MR) is 141 cm³/mol. The van der Waals surface area contributed by atoms with E-state index >= 15 is 0 Å². The van der Waals surface area contributed by atoms with E-state index in [1.54, 1.807) is 32.0 Å². The highest BCUT2D eigenvalue weighted by molar-refractivity contribution is 6.08. The molecular formula is C31H32N2O6. The van der Waals surface area contributed by atoms with Gasteiger partial charge in [-0.05, 0) is 44.2 Å². The fourth-order valence-corrected chi connectivity index (χ4v) is 7.31. The summed E-state index contributed by atoms with van der Waals surface area (Å²) in [7, 11) is 0. The summed E-state index contributed by atoms with van der Waals surface area (Å²) < 4.78 is 5.90. The van der Waals surface area contributed by atoms with E-state index in [1.165, 1.54) is 9.80 Å². The van der Waals surface area contributed by atoms with Gasteiger partial charge in [0.25, 0.3) is 0 Å². The van der Waals surface area contributed by atoms with E-state index in [0.717, 1.165) is 11.1 Å². The third kappa shape index (κ3) is 3.87. The molecular weight excluding hydrogens is 496 g/mol. The number of phenolic OH excluding ortho intramolecular Hbond substituents is 1. The van der Waals surface area contributed by atoms with Crippen molar-refractivity contribution < 1.29 is 29.0 Å². The lowest BCUT2D eigenvalue weighted by Crippen LogP contribution is -2.43. The molecule has 2 aromatic carbocycles. The van der Waals surface area contributed by atoms with Crippen LogP contribution in [0.5, 0.6) is 11.5 Å². The molecule has 2 saturated heterocycles. The number of aromatic hydroxyl groups is 1. The number of carbonyl (C=O) groups is 4. The molecule has 1 N–H and O–H groups in total. The Labute approximate surface area is 227 Å². The first-order valence-corrected chi connectivity index (χ1v) is 13.8. The smallest absolute Gasteiger partial charge is 0.234 e. The van der Waals surface area contributed by atoms with Gasteiger partial charge in [-0.25, -0.2) is 0 Å². The summed E-state index contributed by atoms with van der Waals surface area (Å²) in [5.74, 6) is -3.52. The Kier molecular flexibility index (Phi) is 6.28. The van der Waals surface area contributed by atoms with Gasteiger partial charge >= 0.3 is 0 Å². The van der Waals surface area contributed by atoms with Gasteiger partial charge in [-0.2, -0.15) is 0 Å². The molecule has 4 aliphatic rings. The van der Waals surface area contributed by atoms with Gasteiger partial charge in [-0.1, -0.05) is 48.0 Å². The number of ether oxygens (including phenoxy) is 1. The average molecular weight is 529 g/mol. The number of amides is 4. The van der Waals surface area contributed by atoms with Crippen LogP contribution < -0.4 is 4.74 Å². The second-order valence-corrected chi connectivity index (χ2v) is 10.9. The van der Waals surface area contributed by atoms with E-state index in [9.17, 15) is 24.3 Å². The van der Waals surface area contributed by atoms with Crippen LogP contribution in [-0.2, 0) is 25.8 Å². The molecule has 0 aromatic heterocycles. The van der Waals surface area contributed by atoms with Gasteiger partial charge in [0.05, 0.1) is 23.7 Å². The molecule has 202 valence electrons. The quantitative estimate of drug-likeness (QED) is 0.454. The minimum atomic E-state index is -0.659. The fourth-order valence-electron chi connectivity index (χ4n) is 7.31. The Morgan fingerprint density at radius 1 is 0.821 bits per heavy atom. The van der Waals surface area contributed by atoms with Crippen molar-refractivity contribution in [3.8, 4) is 11.5 Å². The Hall–Kier alpha value is -3.94. The number of phenols is 1. The first kappa shape index (κ1) is 25.3. The third-order valence-corrected chi connectivity index (χ3v) is 9.05. The molecule has 6 atom stereocenters. The van der Waals surface area contributed by atoms with Crippen LogP contribution in [0.4, 0.5) is 0 Å². The molecule has 39 heavy (non-hydrogen) atoms. The minimum Gasteiger partial charge on any atom is -0.508 e. The van der Waals surface area contributed by atoms with Gasteiger partial charge in [0.15, 0.2) is 0 Å². The van der Waals surface area contributed by atoms with Crippen LogP contribution in [0.25, 0.3) is 0 Å². The maximum atomic E-state index is 13.6. The van der Waals surface area contributed by atoms with E-state index in [1.807, 2.05) is 36.4 Å². The van der Waals surface area contributed by atoms with Gasteiger partial charge in [0.1, 0.15) is 18.1 Å². The van der Waals surface area contributed by atoms with Gasteiger partial charge in [0, 0.05) is 30.6 Å². The molecule has 1 saturated carbocycles. The number of likely N-dealkylation sites (tertiary alicyclic amines) is 2. The average Bonchev–Trinajstić information content (AvgIpc) is 3.34. The third-order valence-electron chi connectivity index (χ3n) is 9.05. The monoisotopic (exact) mass is 528 g/mol. The maximum Gasteiger partial charge on any atom is 0.234 e. The summed E-state index contributed by atoms with van der Waals surface area (Å²) in [6.45, 7) is 4.49. The number of imide groups is 2. The van der Waals surface area contributed by atoms with Crippen LogP contribution >= 0.6 is 0 Å². The van der Waals surface area contributed by atoms with Gasteiger partial charge in [-0.3, -0.25) is 29.0 Å². The van der Waals surface area contributed by atoms with Crippen molar-refractivity contribution in [2.24, 2.45) is 29.6 Å². The van der Waals surface area contributed by atoms with Crippen molar-refractivity contribution in [3.05, 3.63) is 71.3 Å². The van der Waals surface area contributed by atoms with Crippen LogP contribution in [-0.4, -0.2) is 51.6 Å². The molecule has 2 heterocycles. The zero-order valence-electron chi connectivity index (χ0n) is 22.1. The summed E-state index contributed by atoms with van der Waals surface area (Å²) >= 11 is 0. The zero-order chi connectivity index (χ0) is 27.4. The van der Waals surface area contributed by atoms with E-state index in [0.29, 0.717) is 37.3 Å². The highest BCUT2D eigenvalue weighted by Crippen LogP contribution is 2.58. The summed E-state index contributed by atoms with van der Waals surface area (Å²) in [5.41, 5.74) is 2.41. The van der Waals surface area contributed by atoms with Crippen molar-refractivity contribution in [2.45, 2.75) is 39.2 Å². The molecule has 8 heteroatoms. The standard InChI is InChI=1S/C31H32N2O6/c1-3-32-28(35)21-13-12-19-22(26(21)30(32)37)15-23-27(31(38)33(4-2)29(23)36)25(19)20-11-10-18(14-24(20)34)39-16-17-8-6-5-7-9-17/h5-12,14,21-23,25-27,34H,3-4,13,15-16H2,1-2H3. The first-order chi connectivity index (χ1) is 18.8. The molecule has 3 fully saturated rings. The van der Waals surface area contributed by atoms with Crippen LogP contribution in [0, 0.1) is 29.6 Å². The SMILES string of the molecule is CCN1C(=O)C2CC=C3C(CC4C(=O)N(CC)C(=O)C4C3c3ccc(OCc4ccccc4)cc3O)C2C1=O. The Balaban J connectivity index is 1.38. The van der Waals surface area contributed by atoms with Gasteiger partial charge in [-0.15, -0.1) is 0 Å². The maximum absolute atomic E-state index is 13.6. The molecule has 0 radical (unpaired) electrons. The van der Waals surface area contributed by atoms with Crippen LogP contribution in [0.3, 0.4) is 0 Å². The van der Waals surface area contributed by atoms with Crippen molar-refractivity contribution >= 4 is 23.6 Å². The zero-order valence-corrected chi connectivity index (χ0v) is 22.1.